The van der Waals surface area contributed by atoms with Gasteiger partial charge in [-0.1, -0.05) is 6.07 Å². The van der Waals surface area contributed by atoms with E-state index in [9.17, 15) is 19.3 Å². The van der Waals surface area contributed by atoms with E-state index >= 15 is 0 Å². The Labute approximate surface area is 112 Å². The number of rotatable bonds is 3. The van der Waals surface area contributed by atoms with Crippen LogP contribution < -0.4 is 11.1 Å². The van der Waals surface area contributed by atoms with E-state index in [1.54, 1.807) is 6.07 Å². The van der Waals surface area contributed by atoms with Gasteiger partial charge in [0.2, 0.25) is 5.82 Å². The van der Waals surface area contributed by atoms with E-state index in [0.717, 1.165) is 12.1 Å². The van der Waals surface area contributed by atoms with E-state index in [0.29, 0.717) is 0 Å². The number of carbonyl (C=O) groups is 1. The molecule has 1 aromatic carbocycles. The third-order valence-corrected chi connectivity index (χ3v) is 2.41. The van der Waals surface area contributed by atoms with Gasteiger partial charge in [0.05, 0.1) is 4.92 Å². The number of nitrogens with one attached hydrogen (secondary N) is 1. The van der Waals surface area contributed by atoms with Gasteiger partial charge in [-0.05, 0) is 18.2 Å². The van der Waals surface area contributed by atoms with Gasteiger partial charge in [0.15, 0.2) is 0 Å². The Kier molecular flexibility index (Phi) is 3.56. The normalized spacial score (nSPS) is 10.1. The Hall–Kier alpha value is -3.03. The fourth-order valence-electron chi connectivity index (χ4n) is 1.51. The number of carbonyl (C=O) groups excluding carboxylic acids is 1. The first-order valence-electron chi connectivity index (χ1n) is 5.45. The highest BCUT2D eigenvalue weighted by molar-refractivity contribution is 6.03. The van der Waals surface area contributed by atoms with Crippen LogP contribution in [0.3, 0.4) is 0 Å². The van der Waals surface area contributed by atoms with Gasteiger partial charge in [0, 0.05) is 17.8 Å². The van der Waals surface area contributed by atoms with Crippen LogP contribution in [-0.2, 0) is 0 Å². The monoisotopic (exact) mass is 276 g/mol. The van der Waals surface area contributed by atoms with E-state index in [4.69, 9.17) is 5.73 Å². The molecule has 0 unspecified atom stereocenters. The molecule has 0 radical (unpaired) electrons. The van der Waals surface area contributed by atoms with Crippen LogP contribution in [-0.4, -0.2) is 15.8 Å². The first-order valence-corrected chi connectivity index (χ1v) is 5.45. The van der Waals surface area contributed by atoms with Crippen LogP contribution >= 0.6 is 0 Å². The molecule has 0 fully saturated rings. The lowest BCUT2D eigenvalue weighted by molar-refractivity contribution is -0.387. The van der Waals surface area contributed by atoms with E-state index < -0.39 is 22.3 Å². The van der Waals surface area contributed by atoms with Crippen molar-refractivity contribution in [1.29, 1.82) is 0 Å². The molecular weight excluding hydrogens is 267 g/mol. The molecule has 102 valence electrons. The summed E-state index contributed by atoms with van der Waals surface area (Å²) >= 11 is 0. The second kappa shape index (κ2) is 5.31. The second-order valence-electron chi connectivity index (χ2n) is 3.83. The fourth-order valence-corrected chi connectivity index (χ4v) is 1.51. The minimum Gasteiger partial charge on any atom is -0.384 e. The zero-order valence-corrected chi connectivity index (χ0v) is 10.0. The van der Waals surface area contributed by atoms with E-state index in [-0.39, 0.29) is 17.2 Å². The van der Waals surface area contributed by atoms with Gasteiger partial charge in [-0.2, -0.15) is 4.39 Å². The molecule has 0 bridgehead atoms. The standard InChI is InChI=1S/C12H9FN4O3/c13-8-6-7(4-5-10(8)17(19)20)15-12(18)9-2-1-3-11(14)16-9/h1-6H,(H2,14,16)(H,15,18). The molecule has 0 aliphatic rings. The Balaban J connectivity index is 2.20. The maximum atomic E-state index is 13.4. The van der Waals surface area contributed by atoms with Crippen LogP contribution in [0.15, 0.2) is 36.4 Å². The number of aromatic nitrogens is 1. The van der Waals surface area contributed by atoms with Gasteiger partial charge in [-0.25, -0.2) is 4.98 Å². The molecule has 0 aliphatic heterocycles. The Morgan fingerprint density at radius 2 is 2.10 bits per heavy atom. The largest absolute Gasteiger partial charge is 0.384 e. The third kappa shape index (κ3) is 2.86. The average molecular weight is 276 g/mol. The molecular formula is C12H9FN4O3. The summed E-state index contributed by atoms with van der Waals surface area (Å²) in [6, 6.07) is 7.56. The van der Waals surface area contributed by atoms with Crippen molar-refractivity contribution in [3.8, 4) is 0 Å². The van der Waals surface area contributed by atoms with Crippen molar-refractivity contribution >= 4 is 23.1 Å². The number of anilines is 2. The van der Waals surface area contributed by atoms with Gasteiger partial charge in [-0.3, -0.25) is 14.9 Å². The molecule has 1 amide bonds. The molecule has 0 spiro atoms. The Bertz CT molecular complexity index is 690. The van der Waals surface area contributed by atoms with Crippen molar-refractivity contribution in [2.75, 3.05) is 11.1 Å². The summed E-state index contributed by atoms with van der Waals surface area (Å²) in [6.45, 7) is 0. The number of pyridine rings is 1. The third-order valence-electron chi connectivity index (χ3n) is 2.41. The van der Waals surface area contributed by atoms with Crippen LogP contribution in [0.25, 0.3) is 0 Å². The van der Waals surface area contributed by atoms with Crippen LogP contribution in [0.5, 0.6) is 0 Å². The maximum Gasteiger partial charge on any atom is 0.304 e. The smallest absolute Gasteiger partial charge is 0.304 e. The number of nitrogens with zero attached hydrogens (tertiary/aromatic N) is 2. The number of hydrogen-bond donors (Lipinski definition) is 2. The van der Waals surface area contributed by atoms with Gasteiger partial charge >= 0.3 is 5.69 Å². The molecule has 1 heterocycles. The highest BCUT2D eigenvalue weighted by Gasteiger charge is 2.15. The summed E-state index contributed by atoms with van der Waals surface area (Å²) in [5.74, 6) is -1.45. The van der Waals surface area contributed by atoms with Crippen molar-refractivity contribution in [1.82, 2.24) is 4.98 Å². The van der Waals surface area contributed by atoms with Gasteiger partial charge in [0.25, 0.3) is 5.91 Å². The van der Waals surface area contributed by atoms with Gasteiger partial charge in [-0.15, -0.1) is 0 Å². The van der Waals surface area contributed by atoms with Crippen molar-refractivity contribution in [3.63, 3.8) is 0 Å². The molecule has 20 heavy (non-hydrogen) atoms. The summed E-state index contributed by atoms with van der Waals surface area (Å²) < 4.78 is 13.4. The number of nitro benzene ring substituents is 1. The average Bonchev–Trinajstić information content (AvgIpc) is 2.38. The Morgan fingerprint density at radius 3 is 2.70 bits per heavy atom. The minimum atomic E-state index is -1.03. The number of nitro groups is 1. The number of amides is 1. The number of halogens is 1. The molecule has 2 aromatic rings. The SMILES string of the molecule is Nc1cccc(C(=O)Nc2ccc([N+](=O)[O-])c(F)c2)n1. The lowest BCUT2D eigenvalue weighted by Gasteiger charge is -2.05. The van der Waals surface area contributed by atoms with E-state index in [1.807, 2.05) is 0 Å². The summed E-state index contributed by atoms with van der Waals surface area (Å²) in [5, 5.41) is 12.8. The lowest BCUT2D eigenvalue weighted by Crippen LogP contribution is -2.14. The molecule has 0 saturated carbocycles. The second-order valence-corrected chi connectivity index (χ2v) is 3.83. The van der Waals surface area contributed by atoms with Gasteiger partial charge in [0.1, 0.15) is 11.5 Å². The van der Waals surface area contributed by atoms with Gasteiger partial charge < -0.3 is 11.1 Å². The maximum absolute atomic E-state index is 13.4. The number of benzene rings is 1. The van der Waals surface area contributed by atoms with E-state index in [1.165, 1.54) is 18.2 Å². The molecule has 0 aliphatic carbocycles. The summed E-state index contributed by atoms with van der Waals surface area (Å²) in [4.78, 5) is 25.2. The highest BCUT2D eigenvalue weighted by atomic mass is 19.1. The molecule has 1 aromatic heterocycles. The number of hydrogen-bond acceptors (Lipinski definition) is 5. The van der Waals surface area contributed by atoms with Crippen molar-refractivity contribution < 1.29 is 14.1 Å². The predicted molar refractivity (Wildman–Crippen MR) is 69.7 cm³/mol. The van der Waals surface area contributed by atoms with Crippen molar-refractivity contribution in [3.05, 3.63) is 58.0 Å². The van der Waals surface area contributed by atoms with Crippen molar-refractivity contribution in [2.24, 2.45) is 0 Å². The summed E-state index contributed by atoms with van der Waals surface area (Å²) in [7, 11) is 0. The zero-order valence-electron chi connectivity index (χ0n) is 10.0. The quantitative estimate of drug-likeness (QED) is 0.657. The van der Waals surface area contributed by atoms with Crippen molar-refractivity contribution in [2.45, 2.75) is 0 Å². The zero-order chi connectivity index (χ0) is 14.7. The van der Waals surface area contributed by atoms with E-state index in [2.05, 4.69) is 10.3 Å². The first kappa shape index (κ1) is 13.4. The molecule has 0 saturated heterocycles. The lowest BCUT2D eigenvalue weighted by atomic mass is 10.2. The summed E-state index contributed by atoms with van der Waals surface area (Å²) in [6.07, 6.45) is 0. The van der Waals surface area contributed by atoms with Crippen LogP contribution in [0.1, 0.15) is 10.5 Å². The fraction of sp³-hybridized carbons (Fsp3) is 0. The molecule has 2 rings (SSSR count). The van der Waals surface area contributed by atoms with Crippen LogP contribution in [0, 0.1) is 15.9 Å². The van der Waals surface area contributed by atoms with Crippen LogP contribution in [0.2, 0.25) is 0 Å². The van der Waals surface area contributed by atoms with Crippen LogP contribution in [0.4, 0.5) is 21.6 Å². The Morgan fingerprint density at radius 1 is 1.35 bits per heavy atom. The first-order chi connectivity index (χ1) is 9.47. The molecule has 7 nitrogen and oxygen atoms in total. The molecule has 3 N–H and O–H groups in total. The topological polar surface area (TPSA) is 111 Å². The summed E-state index contributed by atoms with van der Waals surface area (Å²) in [5.41, 5.74) is 4.92. The number of nitrogens with two attached hydrogens (primary N) is 1. The highest BCUT2D eigenvalue weighted by Crippen LogP contribution is 2.21. The predicted octanol–water partition coefficient (Wildman–Crippen LogP) is 1.96. The molecule has 8 heteroatoms. The number of nitrogen functional groups attached to an aromatic ring is 1. The minimum absolute atomic E-state index is 0.0590. The molecule has 0 atom stereocenters.